The van der Waals surface area contributed by atoms with Crippen LogP contribution in [0, 0.1) is 0 Å². The van der Waals surface area contributed by atoms with Crippen molar-refractivity contribution in [3.05, 3.63) is 47.5 Å². The van der Waals surface area contributed by atoms with Crippen molar-refractivity contribution in [2.45, 2.75) is 0 Å². The zero-order valence-corrected chi connectivity index (χ0v) is 14.2. The van der Waals surface area contributed by atoms with Crippen LogP contribution in [-0.4, -0.2) is 33.9 Å². The Bertz CT molecular complexity index is 825. The molecule has 2 aromatic carbocycles. The summed E-state index contributed by atoms with van der Waals surface area (Å²) < 4.78 is 26.8. The number of ketones is 1. The van der Waals surface area contributed by atoms with Crippen molar-refractivity contribution in [2.24, 2.45) is 0 Å². The highest BCUT2D eigenvalue weighted by molar-refractivity contribution is 6.07. The maximum Gasteiger partial charge on any atom is 0.231 e. The first kappa shape index (κ1) is 16.7. The summed E-state index contributed by atoms with van der Waals surface area (Å²) in [4.78, 5) is 12.4. The summed E-state index contributed by atoms with van der Waals surface area (Å²) in [6.45, 7) is 0.0952. The fraction of sp³-hybridized carbons (Fsp3) is 0.211. The molecule has 0 aliphatic carbocycles. The van der Waals surface area contributed by atoms with Gasteiger partial charge >= 0.3 is 0 Å². The summed E-state index contributed by atoms with van der Waals surface area (Å²) in [5.41, 5.74) is 1.18. The Kier molecular flexibility index (Phi) is 4.79. The standard InChI is InChI=1S/C19H18O6/c1-21-14-6-4-5-12(9-14)15(20)8-7-13-10-16(22-2)18-19(17(13)23-3)25-11-24-18/h4-10H,11H2,1-3H3/b8-7+. The number of carbonyl (C=O) groups is 1. The lowest BCUT2D eigenvalue weighted by atomic mass is 10.1. The summed E-state index contributed by atoms with van der Waals surface area (Å²) in [6.07, 6.45) is 3.12. The van der Waals surface area contributed by atoms with E-state index < -0.39 is 0 Å². The predicted octanol–water partition coefficient (Wildman–Crippen LogP) is 3.34. The molecule has 0 amide bonds. The van der Waals surface area contributed by atoms with Gasteiger partial charge < -0.3 is 23.7 Å². The second-order valence-corrected chi connectivity index (χ2v) is 5.20. The van der Waals surface area contributed by atoms with E-state index in [0.717, 1.165) is 0 Å². The number of fused-ring (bicyclic) bond motifs is 1. The molecule has 130 valence electrons. The number of rotatable bonds is 6. The Labute approximate surface area is 145 Å². The largest absolute Gasteiger partial charge is 0.497 e. The fourth-order valence-electron chi connectivity index (χ4n) is 2.56. The minimum Gasteiger partial charge on any atom is -0.497 e. The monoisotopic (exact) mass is 342 g/mol. The second-order valence-electron chi connectivity index (χ2n) is 5.20. The molecular formula is C19H18O6. The number of hydrogen-bond donors (Lipinski definition) is 0. The van der Waals surface area contributed by atoms with E-state index in [4.69, 9.17) is 23.7 Å². The third kappa shape index (κ3) is 3.24. The number of carbonyl (C=O) groups excluding carboxylic acids is 1. The summed E-state index contributed by atoms with van der Waals surface area (Å²) in [5, 5.41) is 0. The molecule has 6 nitrogen and oxygen atoms in total. The van der Waals surface area contributed by atoms with E-state index in [-0.39, 0.29) is 12.6 Å². The maximum absolute atomic E-state index is 12.4. The Morgan fingerprint density at radius 3 is 2.56 bits per heavy atom. The molecule has 0 fully saturated rings. The van der Waals surface area contributed by atoms with Crippen LogP contribution in [0.1, 0.15) is 15.9 Å². The van der Waals surface area contributed by atoms with E-state index in [9.17, 15) is 4.79 Å². The van der Waals surface area contributed by atoms with Gasteiger partial charge in [-0.25, -0.2) is 0 Å². The van der Waals surface area contributed by atoms with Crippen LogP contribution in [0.5, 0.6) is 28.7 Å². The number of allylic oxidation sites excluding steroid dienone is 1. The van der Waals surface area contributed by atoms with E-state index >= 15 is 0 Å². The van der Waals surface area contributed by atoms with Gasteiger partial charge in [-0.3, -0.25) is 4.79 Å². The molecule has 0 saturated carbocycles. The molecule has 0 unspecified atom stereocenters. The van der Waals surface area contributed by atoms with Crippen molar-refractivity contribution >= 4 is 11.9 Å². The van der Waals surface area contributed by atoms with Crippen LogP contribution in [0.25, 0.3) is 6.08 Å². The van der Waals surface area contributed by atoms with Crippen molar-refractivity contribution in [1.29, 1.82) is 0 Å². The molecular weight excluding hydrogens is 324 g/mol. The third-order valence-electron chi connectivity index (χ3n) is 3.78. The summed E-state index contributed by atoms with van der Waals surface area (Å²) in [7, 11) is 4.63. The van der Waals surface area contributed by atoms with Gasteiger partial charge in [-0.1, -0.05) is 12.1 Å². The van der Waals surface area contributed by atoms with E-state index in [1.54, 1.807) is 50.6 Å². The lowest BCUT2D eigenvalue weighted by molar-refractivity contribution is 0.104. The number of benzene rings is 2. The van der Waals surface area contributed by atoms with Crippen molar-refractivity contribution in [1.82, 2.24) is 0 Å². The van der Waals surface area contributed by atoms with Gasteiger partial charge in [-0.05, 0) is 30.4 Å². The minimum atomic E-state index is -0.155. The number of ether oxygens (including phenoxy) is 5. The zero-order chi connectivity index (χ0) is 17.8. The lowest BCUT2D eigenvalue weighted by Gasteiger charge is -2.11. The molecule has 1 aliphatic heterocycles. The maximum atomic E-state index is 12.4. The molecule has 0 saturated heterocycles. The molecule has 0 spiro atoms. The Hall–Kier alpha value is -3.15. The quantitative estimate of drug-likeness (QED) is 0.593. The number of methoxy groups -OCH3 is 3. The lowest BCUT2D eigenvalue weighted by Crippen LogP contribution is -1.96. The predicted molar refractivity (Wildman–Crippen MR) is 92.0 cm³/mol. The highest BCUT2D eigenvalue weighted by Gasteiger charge is 2.26. The Morgan fingerprint density at radius 1 is 1.04 bits per heavy atom. The first-order valence-electron chi connectivity index (χ1n) is 7.59. The van der Waals surface area contributed by atoms with Gasteiger partial charge in [0.2, 0.25) is 18.3 Å². The van der Waals surface area contributed by atoms with Gasteiger partial charge in [-0.2, -0.15) is 0 Å². The first-order chi connectivity index (χ1) is 12.2. The van der Waals surface area contributed by atoms with E-state index in [1.165, 1.54) is 13.2 Å². The topological polar surface area (TPSA) is 63.2 Å². The van der Waals surface area contributed by atoms with Crippen molar-refractivity contribution < 1.29 is 28.5 Å². The summed E-state index contributed by atoms with van der Waals surface area (Å²) >= 11 is 0. The molecule has 6 heteroatoms. The van der Waals surface area contributed by atoms with Gasteiger partial charge in [0.05, 0.1) is 21.3 Å². The first-order valence-corrected chi connectivity index (χ1v) is 7.59. The summed E-state index contributed by atoms with van der Waals surface area (Å²) in [6, 6.07) is 8.70. The van der Waals surface area contributed by atoms with Crippen LogP contribution in [0.4, 0.5) is 0 Å². The van der Waals surface area contributed by atoms with E-state index in [1.807, 2.05) is 0 Å². The second kappa shape index (κ2) is 7.17. The molecule has 3 rings (SSSR count). The minimum absolute atomic E-state index is 0.0952. The van der Waals surface area contributed by atoms with Gasteiger partial charge in [0.1, 0.15) is 5.75 Å². The van der Waals surface area contributed by atoms with Gasteiger partial charge in [0.25, 0.3) is 0 Å². The molecule has 1 aliphatic rings. The Morgan fingerprint density at radius 2 is 1.84 bits per heavy atom. The summed E-state index contributed by atoms with van der Waals surface area (Å²) in [5.74, 6) is 2.44. The smallest absolute Gasteiger partial charge is 0.231 e. The van der Waals surface area contributed by atoms with Crippen molar-refractivity contribution in [3.8, 4) is 28.7 Å². The molecule has 0 bridgehead atoms. The van der Waals surface area contributed by atoms with Gasteiger partial charge in [0.15, 0.2) is 17.3 Å². The van der Waals surface area contributed by atoms with Gasteiger partial charge in [-0.15, -0.1) is 0 Å². The Balaban J connectivity index is 1.94. The van der Waals surface area contributed by atoms with Crippen molar-refractivity contribution in [3.63, 3.8) is 0 Å². The molecule has 25 heavy (non-hydrogen) atoms. The van der Waals surface area contributed by atoms with Crippen molar-refractivity contribution in [2.75, 3.05) is 28.1 Å². The SMILES string of the molecule is COc1cccc(C(=O)/C=C/c2cc(OC)c3c(c2OC)OCO3)c1. The van der Waals surface area contributed by atoms with Crippen LogP contribution in [0.3, 0.4) is 0 Å². The van der Waals surface area contributed by atoms with Crippen LogP contribution in [0.15, 0.2) is 36.4 Å². The zero-order valence-electron chi connectivity index (χ0n) is 14.2. The van der Waals surface area contributed by atoms with Crippen LogP contribution < -0.4 is 23.7 Å². The average molecular weight is 342 g/mol. The molecule has 0 aromatic heterocycles. The van der Waals surface area contributed by atoms with Crippen LogP contribution >= 0.6 is 0 Å². The highest BCUT2D eigenvalue weighted by atomic mass is 16.7. The molecule has 2 aromatic rings. The van der Waals surface area contributed by atoms with Gasteiger partial charge in [0, 0.05) is 11.1 Å². The normalized spacial score (nSPS) is 12.3. The fourth-order valence-corrected chi connectivity index (χ4v) is 2.56. The molecule has 0 radical (unpaired) electrons. The van der Waals surface area contributed by atoms with E-state index in [2.05, 4.69) is 0 Å². The molecule has 0 atom stereocenters. The van der Waals surface area contributed by atoms with Crippen LogP contribution in [-0.2, 0) is 0 Å². The van der Waals surface area contributed by atoms with E-state index in [0.29, 0.717) is 39.9 Å². The molecule has 0 N–H and O–H groups in total. The third-order valence-corrected chi connectivity index (χ3v) is 3.78. The number of hydrogen-bond acceptors (Lipinski definition) is 6. The highest BCUT2D eigenvalue weighted by Crippen LogP contribution is 2.49. The average Bonchev–Trinajstić information content (AvgIpc) is 3.14. The van der Waals surface area contributed by atoms with Crippen LogP contribution in [0.2, 0.25) is 0 Å². The molecule has 1 heterocycles.